The Bertz CT molecular complexity index is 1110. The molecule has 1 aliphatic rings. The summed E-state index contributed by atoms with van der Waals surface area (Å²) in [6.07, 6.45) is 2.16. The van der Waals surface area contributed by atoms with Gasteiger partial charge in [-0.2, -0.15) is 0 Å². The predicted octanol–water partition coefficient (Wildman–Crippen LogP) is 4.25. The Morgan fingerprint density at radius 2 is 1.88 bits per heavy atom. The Labute approximate surface area is 206 Å². The van der Waals surface area contributed by atoms with Gasteiger partial charge in [0.1, 0.15) is 5.82 Å². The molecule has 34 heavy (non-hydrogen) atoms. The van der Waals surface area contributed by atoms with Gasteiger partial charge in [-0.05, 0) is 56.0 Å². The van der Waals surface area contributed by atoms with Gasteiger partial charge in [0.2, 0.25) is 5.91 Å². The van der Waals surface area contributed by atoms with Gasteiger partial charge >= 0.3 is 0 Å². The number of carbonyl (C=O) groups is 1. The van der Waals surface area contributed by atoms with Gasteiger partial charge in [0.05, 0.1) is 17.5 Å². The molecule has 2 heterocycles. The van der Waals surface area contributed by atoms with E-state index in [4.69, 9.17) is 4.74 Å². The van der Waals surface area contributed by atoms with Crippen molar-refractivity contribution in [2.45, 2.75) is 44.5 Å². The van der Waals surface area contributed by atoms with Crippen molar-refractivity contribution in [1.29, 1.82) is 0 Å². The van der Waals surface area contributed by atoms with Crippen LogP contribution >= 0.6 is 11.8 Å². The summed E-state index contributed by atoms with van der Waals surface area (Å²) in [5.74, 6) is 1.18. The van der Waals surface area contributed by atoms with E-state index in [2.05, 4.69) is 58.4 Å². The van der Waals surface area contributed by atoms with Gasteiger partial charge in [-0.3, -0.25) is 9.36 Å². The fourth-order valence-corrected chi connectivity index (χ4v) is 5.05. The van der Waals surface area contributed by atoms with Crippen molar-refractivity contribution in [3.05, 3.63) is 65.5 Å². The van der Waals surface area contributed by atoms with Crippen molar-refractivity contribution in [3.63, 3.8) is 0 Å². The summed E-state index contributed by atoms with van der Waals surface area (Å²) in [5.41, 5.74) is 4.43. The van der Waals surface area contributed by atoms with Crippen LogP contribution in [0.3, 0.4) is 0 Å². The van der Waals surface area contributed by atoms with Crippen molar-refractivity contribution < 1.29 is 9.53 Å². The van der Waals surface area contributed by atoms with E-state index in [0.29, 0.717) is 18.8 Å². The highest BCUT2D eigenvalue weighted by atomic mass is 32.2. The molecule has 0 radical (unpaired) electrons. The highest BCUT2D eigenvalue weighted by Crippen LogP contribution is 2.25. The number of nitrogens with zero attached hydrogens (tertiary/aromatic N) is 5. The molecule has 0 aliphatic carbocycles. The zero-order chi connectivity index (χ0) is 24.1. The maximum absolute atomic E-state index is 13.4. The molecular formula is C26H33N5O2S. The van der Waals surface area contributed by atoms with Crippen molar-refractivity contribution in [1.82, 2.24) is 19.7 Å². The summed E-state index contributed by atoms with van der Waals surface area (Å²) >= 11 is 1.43. The zero-order valence-corrected chi connectivity index (χ0v) is 21.2. The van der Waals surface area contributed by atoms with Crippen LogP contribution in [0.25, 0.3) is 5.69 Å². The van der Waals surface area contributed by atoms with Crippen LogP contribution in [0.2, 0.25) is 0 Å². The summed E-state index contributed by atoms with van der Waals surface area (Å²) in [6.45, 7) is 5.96. The lowest BCUT2D eigenvalue weighted by Gasteiger charge is -2.26. The van der Waals surface area contributed by atoms with E-state index < -0.39 is 0 Å². The molecule has 4 rings (SSSR count). The lowest BCUT2D eigenvalue weighted by molar-refractivity contribution is -0.130. The average molecular weight is 480 g/mol. The molecule has 0 bridgehead atoms. The van der Waals surface area contributed by atoms with Crippen LogP contribution in [0.15, 0.2) is 53.7 Å². The minimum atomic E-state index is 0.0779. The number of amides is 1. The molecule has 1 saturated heterocycles. The van der Waals surface area contributed by atoms with E-state index in [0.717, 1.165) is 52.9 Å². The molecule has 1 atom stereocenters. The molecule has 1 amide bonds. The number of hydrogen-bond acceptors (Lipinski definition) is 6. The molecule has 8 heteroatoms. The number of rotatable bonds is 9. The van der Waals surface area contributed by atoms with E-state index in [9.17, 15) is 4.79 Å². The maximum atomic E-state index is 13.4. The first-order valence-electron chi connectivity index (χ1n) is 11.7. The second kappa shape index (κ2) is 11.1. The monoisotopic (exact) mass is 479 g/mol. The Balaban J connectivity index is 1.48. The number of carbonyl (C=O) groups excluding carboxylic acids is 1. The highest BCUT2D eigenvalue weighted by molar-refractivity contribution is 7.99. The molecule has 7 nitrogen and oxygen atoms in total. The first kappa shape index (κ1) is 24.3. The third kappa shape index (κ3) is 5.80. The van der Waals surface area contributed by atoms with Crippen molar-refractivity contribution >= 4 is 23.4 Å². The molecule has 0 unspecified atom stereocenters. The molecule has 1 aromatic heterocycles. The van der Waals surface area contributed by atoms with Crippen LogP contribution in [0.5, 0.6) is 0 Å². The summed E-state index contributed by atoms with van der Waals surface area (Å²) in [7, 11) is 4.05. The van der Waals surface area contributed by atoms with Crippen LogP contribution < -0.4 is 4.90 Å². The molecule has 0 saturated carbocycles. The van der Waals surface area contributed by atoms with Crippen molar-refractivity contribution in [3.8, 4) is 5.69 Å². The van der Waals surface area contributed by atoms with Gasteiger partial charge in [-0.25, -0.2) is 0 Å². The van der Waals surface area contributed by atoms with E-state index >= 15 is 0 Å². The lowest BCUT2D eigenvalue weighted by Crippen LogP contribution is -2.38. The summed E-state index contributed by atoms with van der Waals surface area (Å²) in [5, 5.41) is 9.36. The topological polar surface area (TPSA) is 63.5 Å². The largest absolute Gasteiger partial charge is 0.378 e. The van der Waals surface area contributed by atoms with Gasteiger partial charge in [0.15, 0.2) is 5.16 Å². The number of benzene rings is 2. The predicted molar refractivity (Wildman–Crippen MR) is 137 cm³/mol. The maximum Gasteiger partial charge on any atom is 0.233 e. The molecule has 1 fully saturated rings. The van der Waals surface area contributed by atoms with Crippen LogP contribution in [-0.4, -0.2) is 64.7 Å². The summed E-state index contributed by atoms with van der Waals surface area (Å²) in [4.78, 5) is 17.4. The van der Waals surface area contributed by atoms with Crippen LogP contribution in [0.4, 0.5) is 5.69 Å². The first-order valence-corrected chi connectivity index (χ1v) is 12.7. The summed E-state index contributed by atoms with van der Waals surface area (Å²) < 4.78 is 7.87. The van der Waals surface area contributed by atoms with Gasteiger partial charge in [-0.1, -0.05) is 42.1 Å². The normalized spacial score (nSPS) is 15.5. The van der Waals surface area contributed by atoms with Gasteiger partial charge in [0.25, 0.3) is 0 Å². The van der Waals surface area contributed by atoms with Gasteiger partial charge in [-0.15, -0.1) is 10.2 Å². The number of aromatic nitrogens is 3. The Kier molecular flexibility index (Phi) is 7.90. The third-order valence-electron chi connectivity index (χ3n) is 6.10. The second-order valence-corrected chi connectivity index (χ2v) is 9.85. The highest BCUT2D eigenvalue weighted by Gasteiger charge is 2.24. The SMILES string of the molecule is Cc1ccccc1-n1c(C)nnc1SCC(=O)N(Cc1ccc(N(C)C)cc1)C[C@H]1CCCO1. The number of para-hydroxylation sites is 1. The molecule has 0 N–H and O–H groups in total. The Morgan fingerprint density at radius 3 is 2.56 bits per heavy atom. The van der Waals surface area contributed by atoms with E-state index in [1.54, 1.807) is 0 Å². The third-order valence-corrected chi connectivity index (χ3v) is 7.02. The Morgan fingerprint density at radius 1 is 1.12 bits per heavy atom. The fourth-order valence-electron chi connectivity index (χ4n) is 4.15. The standard InChI is InChI=1S/C26H33N5O2S/c1-19-8-5-6-10-24(19)31-20(2)27-28-26(31)34-18-25(32)30(17-23-9-7-15-33-23)16-21-11-13-22(14-12-21)29(3)4/h5-6,8,10-14,23H,7,9,15-18H2,1-4H3/t23-/m1/s1. The Hall–Kier alpha value is -2.84. The molecule has 2 aromatic carbocycles. The fraction of sp³-hybridized carbons (Fsp3) is 0.423. The van der Waals surface area contributed by atoms with Crippen LogP contribution in [0.1, 0.15) is 29.8 Å². The number of anilines is 1. The van der Waals surface area contributed by atoms with E-state index in [1.807, 2.05) is 42.6 Å². The van der Waals surface area contributed by atoms with Crippen LogP contribution in [0, 0.1) is 13.8 Å². The smallest absolute Gasteiger partial charge is 0.233 e. The molecular weight excluding hydrogens is 446 g/mol. The van der Waals surface area contributed by atoms with E-state index in [-0.39, 0.29) is 12.0 Å². The number of ether oxygens (including phenoxy) is 1. The first-order chi connectivity index (χ1) is 16.4. The zero-order valence-electron chi connectivity index (χ0n) is 20.4. The second-order valence-electron chi connectivity index (χ2n) is 8.91. The number of hydrogen-bond donors (Lipinski definition) is 0. The number of aryl methyl sites for hydroxylation is 2. The lowest BCUT2D eigenvalue weighted by atomic mass is 10.1. The molecule has 1 aliphatic heterocycles. The minimum absolute atomic E-state index is 0.0779. The number of thioether (sulfide) groups is 1. The quantitative estimate of drug-likeness (QED) is 0.428. The van der Waals surface area contributed by atoms with Gasteiger partial charge < -0.3 is 14.5 Å². The summed E-state index contributed by atoms with van der Waals surface area (Å²) in [6, 6.07) is 16.5. The molecule has 180 valence electrons. The van der Waals surface area contributed by atoms with Crippen molar-refractivity contribution in [2.75, 3.05) is 37.9 Å². The van der Waals surface area contributed by atoms with E-state index in [1.165, 1.54) is 11.8 Å². The molecule has 0 spiro atoms. The van der Waals surface area contributed by atoms with Crippen molar-refractivity contribution in [2.24, 2.45) is 0 Å². The molecule has 3 aromatic rings. The van der Waals surface area contributed by atoms with Crippen LogP contribution in [-0.2, 0) is 16.1 Å². The average Bonchev–Trinajstić information content (AvgIpc) is 3.47. The minimum Gasteiger partial charge on any atom is -0.378 e. The van der Waals surface area contributed by atoms with Gasteiger partial charge in [0, 0.05) is 39.5 Å².